The van der Waals surface area contributed by atoms with Crippen LogP contribution < -0.4 is 4.74 Å². The molecule has 0 N–H and O–H groups in total. The predicted molar refractivity (Wildman–Crippen MR) is 80.0 cm³/mol. The van der Waals surface area contributed by atoms with Gasteiger partial charge in [-0.05, 0) is 12.1 Å². The van der Waals surface area contributed by atoms with E-state index in [4.69, 9.17) is 20.9 Å². The molecular weight excluding hydrogens is 306 g/mol. The van der Waals surface area contributed by atoms with E-state index < -0.39 is 0 Å². The molecule has 0 aliphatic heterocycles. The molecule has 22 heavy (non-hydrogen) atoms. The molecule has 1 heterocycles. The molecule has 112 valence electrons. The molecule has 0 amide bonds. The molecule has 0 unspecified atom stereocenters. The highest BCUT2D eigenvalue weighted by Crippen LogP contribution is 2.26. The van der Waals surface area contributed by atoms with Crippen molar-refractivity contribution in [2.24, 2.45) is 10.1 Å². The Balaban J connectivity index is 2.46. The molecule has 0 aliphatic rings. The maximum atomic E-state index is 8.76. The number of methoxy groups -OCH3 is 1. The van der Waals surface area contributed by atoms with Crippen molar-refractivity contribution in [3.8, 4) is 17.1 Å². The van der Waals surface area contributed by atoms with Crippen molar-refractivity contribution >= 4 is 23.1 Å². The fraction of sp³-hybridized carbons (Fsp3) is 0.154. The minimum absolute atomic E-state index is 0.0242. The lowest BCUT2D eigenvalue weighted by molar-refractivity contribution is 0.213. The van der Waals surface area contributed by atoms with E-state index in [0.717, 1.165) is 11.5 Å². The van der Waals surface area contributed by atoms with Crippen LogP contribution >= 0.6 is 11.5 Å². The van der Waals surface area contributed by atoms with Crippen LogP contribution in [0.4, 0.5) is 0 Å². The second-order valence-electron chi connectivity index (χ2n) is 3.60. The third-order valence-electron chi connectivity index (χ3n) is 2.38. The fourth-order valence-electron chi connectivity index (χ4n) is 1.56. The van der Waals surface area contributed by atoms with Crippen LogP contribution in [-0.4, -0.2) is 35.2 Å². The van der Waals surface area contributed by atoms with E-state index in [2.05, 4.69) is 19.5 Å². The summed E-state index contributed by atoms with van der Waals surface area (Å²) < 4.78 is 21.8. The van der Waals surface area contributed by atoms with E-state index in [1.807, 2.05) is 0 Å². The Morgan fingerprint density at radius 1 is 1.41 bits per heavy atom. The summed E-state index contributed by atoms with van der Waals surface area (Å²) in [4.78, 5) is 12.2. The van der Waals surface area contributed by atoms with Crippen molar-refractivity contribution in [3.63, 3.8) is 0 Å². The van der Waals surface area contributed by atoms with Gasteiger partial charge in [-0.1, -0.05) is 17.3 Å². The molecule has 1 aromatic carbocycles. The summed E-state index contributed by atoms with van der Waals surface area (Å²) in [7, 11) is 2.72. The Bertz CT molecular complexity index is 784. The average molecular weight is 318 g/mol. The Kier molecular flexibility index (Phi) is 4.89. The van der Waals surface area contributed by atoms with Crippen LogP contribution in [0.3, 0.4) is 0 Å². The lowest BCUT2D eigenvalue weighted by Gasteiger charge is -2.11. The van der Waals surface area contributed by atoms with Gasteiger partial charge in [0.15, 0.2) is 5.71 Å². The minimum Gasteiger partial charge on any atom is -0.479 e. The van der Waals surface area contributed by atoms with Gasteiger partial charge in [0.1, 0.15) is 20.5 Å². The number of nitrogens with zero attached hydrogens (tertiary/aromatic N) is 5. The van der Waals surface area contributed by atoms with Gasteiger partial charge in [0, 0.05) is 11.5 Å². The van der Waals surface area contributed by atoms with Gasteiger partial charge in [0.05, 0.1) is 12.7 Å². The SMILES string of the molecule is [2H]c1nsc(Oc2ccccc2/C(=N\OC)C(=NC#N)OC)n1. The minimum atomic E-state index is -0.128. The number of hydrogen-bond acceptors (Lipinski definition) is 9. The highest BCUT2D eigenvalue weighted by molar-refractivity contribution is 7.07. The molecule has 0 bridgehead atoms. The first-order valence-corrected chi connectivity index (χ1v) is 6.66. The van der Waals surface area contributed by atoms with Crippen molar-refractivity contribution in [3.05, 3.63) is 36.1 Å². The third-order valence-corrected chi connectivity index (χ3v) is 2.88. The van der Waals surface area contributed by atoms with Crippen molar-refractivity contribution < 1.29 is 15.7 Å². The predicted octanol–water partition coefficient (Wildman–Crippen LogP) is 2.21. The van der Waals surface area contributed by atoms with Gasteiger partial charge in [-0.15, -0.1) is 4.99 Å². The van der Waals surface area contributed by atoms with Crippen LogP contribution in [0, 0.1) is 11.5 Å². The fourth-order valence-corrected chi connectivity index (χ4v) is 1.93. The molecule has 8 nitrogen and oxygen atoms in total. The van der Waals surface area contributed by atoms with Crippen molar-refractivity contribution in [1.82, 2.24) is 9.36 Å². The van der Waals surface area contributed by atoms with E-state index in [-0.39, 0.29) is 23.1 Å². The largest absolute Gasteiger partial charge is 0.479 e. The first-order valence-electron chi connectivity index (χ1n) is 6.39. The average Bonchev–Trinajstić information content (AvgIpc) is 2.96. The van der Waals surface area contributed by atoms with Gasteiger partial charge in [-0.25, -0.2) is 0 Å². The first kappa shape index (κ1) is 14.0. The maximum absolute atomic E-state index is 8.76. The number of benzene rings is 1. The van der Waals surface area contributed by atoms with Gasteiger partial charge in [0.2, 0.25) is 6.19 Å². The van der Waals surface area contributed by atoms with Gasteiger partial charge < -0.3 is 14.3 Å². The molecule has 0 radical (unpaired) electrons. The van der Waals surface area contributed by atoms with Crippen molar-refractivity contribution in [2.45, 2.75) is 0 Å². The second-order valence-corrected chi connectivity index (χ2v) is 4.32. The summed E-state index contributed by atoms with van der Waals surface area (Å²) in [6.45, 7) is 0. The standard InChI is InChI=1S/C13H11N5O3S/c1-19-12(15-7-14)11(18-20-2)9-5-3-4-6-10(9)21-13-16-8-17-22-13/h3-6,8H,1-2H3/b15-12?,18-11+/i8D. The Hall–Kier alpha value is -2.99. The summed E-state index contributed by atoms with van der Waals surface area (Å²) in [6, 6.07) is 6.87. The summed E-state index contributed by atoms with van der Waals surface area (Å²) in [5.41, 5.74) is 0.662. The zero-order valence-electron chi connectivity index (χ0n) is 12.7. The zero-order valence-corrected chi connectivity index (χ0v) is 12.5. The number of para-hydroxylation sites is 1. The number of nitriles is 1. The number of aliphatic imine (C=N–C) groups is 1. The molecule has 0 spiro atoms. The monoisotopic (exact) mass is 318 g/mol. The van der Waals surface area contributed by atoms with Crippen molar-refractivity contribution in [1.29, 1.82) is 5.26 Å². The molecule has 0 fully saturated rings. The van der Waals surface area contributed by atoms with E-state index in [9.17, 15) is 0 Å². The normalized spacial score (nSPS) is 12.3. The van der Waals surface area contributed by atoms with Crippen LogP contribution in [0.15, 0.2) is 40.7 Å². The smallest absolute Gasteiger partial charge is 0.298 e. The zero-order chi connectivity index (χ0) is 16.7. The third kappa shape index (κ3) is 3.56. The van der Waals surface area contributed by atoms with Crippen LogP contribution in [0.25, 0.3) is 0 Å². The topological polar surface area (TPSA) is 102 Å². The highest BCUT2D eigenvalue weighted by atomic mass is 32.1. The Morgan fingerprint density at radius 2 is 2.23 bits per heavy atom. The molecule has 2 aromatic rings. The van der Waals surface area contributed by atoms with E-state index in [0.29, 0.717) is 11.3 Å². The van der Waals surface area contributed by atoms with Gasteiger partial charge >= 0.3 is 0 Å². The second kappa shape index (κ2) is 7.70. The van der Waals surface area contributed by atoms with Crippen LogP contribution in [0.1, 0.15) is 6.93 Å². The number of rotatable bonds is 5. The molecule has 0 aliphatic carbocycles. The molecule has 0 atom stereocenters. The Labute approximate surface area is 131 Å². The van der Waals surface area contributed by atoms with Crippen LogP contribution in [0.5, 0.6) is 10.9 Å². The summed E-state index contributed by atoms with van der Waals surface area (Å²) in [5, 5.41) is 12.8. The number of oxime groups is 1. The summed E-state index contributed by atoms with van der Waals surface area (Å²) >= 11 is 0.947. The van der Waals surface area contributed by atoms with Gasteiger partial charge in [-0.3, -0.25) is 0 Å². The lowest BCUT2D eigenvalue weighted by atomic mass is 10.1. The molecule has 0 saturated heterocycles. The lowest BCUT2D eigenvalue weighted by Crippen LogP contribution is -2.18. The highest BCUT2D eigenvalue weighted by Gasteiger charge is 2.19. The molecule has 2 rings (SSSR count). The molecule has 0 saturated carbocycles. The maximum Gasteiger partial charge on any atom is 0.298 e. The number of ether oxygens (including phenoxy) is 2. The first-order chi connectivity index (χ1) is 11.2. The molecular formula is C13H11N5O3S. The van der Waals surface area contributed by atoms with E-state index in [1.165, 1.54) is 14.2 Å². The number of aromatic nitrogens is 2. The van der Waals surface area contributed by atoms with E-state index in [1.54, 1.807) is 30.5 Å². The van der Waals surface area contributed by atoms with Crippen LogP contribution in [0.2, 0.25) is 0 Å². The summed E-state index contributed by atoms with van der Waals surface area (Å²) in [5.74, 6) is 0.353. The quantitative estimate of drug-likeness (QED) is 0.362. The molecule has 1 aromatic heterocycles. The summed E-state index contributed by atoms with van der Waals surface area (Å²) in [6.07, 6.45) is 1.51. The Morgan fingerprint density at radius 3 is 2.86 bits per heavy atom. The van der Waals surface area contributed by atoms with Gasteiger partial charge in [0.25, 0.3) is 11.1 Å². The number of hydrogen-bond donors (Lipinski definition) is 0. The van der Waals surface area contributed by atoms with Crippen molar-refractivity contribution in [2.75, 3.05) is 14.2 Å². The van der Waals surface area contributed by atoms with E-state index >= 15 is 0 Å². The van der Waals surface area contributed by atoms with Crippen LogP contribution in [-0.2, 0) is 9.57 Å². The van der Waals surface area contributed by atoms with Gasteiger partial charge in [-0.2, -0.15) is 14.6 Å². The molecule has 9 heteroatoms.